The van der Waals surface area contributed by atoms with E-state index in [0.717, 1.165) is 41.9 Å². The summed E-state index contributed by atoms with van der Waals surface area (Å²) >= 11 is 0. The van der Waals surface area contributed by atoms with Crippen LogP contribution in [0.1, 0.15) is 104 Å². The molecule has 158 valence electrons. The van der Waals surface area contributed by atoms with Crippen LogP contribution < -0.4 is 0 Å². The SMILES string of the molecule is C[C@H](CCCC1OC1=O)[C@H]1CC[C@H]2[C@@H]3CCC4CCCC[C@]4(C)[C@H]3CC[C@]12C. The number of carbonyl (C=O) groups excluding carboxylic acids is 1. The highest BCUT2D eigenvalue weighted by Crippen LogP contribution is 2.68. The summed E-state index contributed by atoms with van der Waals surface area (Å²) in [6.07, 6.45) is 18.4. The van der Waals surface area contributed by atoms with Crippen molar-refractivity contribution < 1.29 is 9.53 Å². The van der Waals surface area contributed by atoms with Gasteiger partial charge in [-0.05, 0) is 111 Å². The molecule has 5 rings (SSSR count). The molecule has 5 fully saturated rings. The molecule has 4 saturated carbocycles. The van der Waals surface area contributed by atoms with Crippen LogP contribution in [0.3, 0.4) is 0 Å². The van der Waals surface area contributed by atoms with E-state index in [1.165, 1.54) is 77.0 Å². The first-order valence-corrected chi connectivity index (χ1v) is 12.6. The Bertz CT molecular complexity index is 614. The number of hydrogen-bond donors (Lipinski definition) is 0. The summed E-state index contributed by atoms with van der Waals surface area (Å²) in [5.74, 6) is 5.82. The van der Waals surface area contributed by atoms with Crippen molar-refractivity contribution in [2.24, 2.45) is 46.3 Å². The van der Waals surface area contributed by atoms with Crippen molar-refractivity contribution in [1.82, 2.24) is 0 Å². The Kier molecular flexibility index (Phi) is 4.87. The van der Waals surface area contributed by atoms with Gasteiger partial charge in [0.1, 0.15) is 0 Å². The van der Waals surface area contributed by atoms with Gasteiger partial charge in [0.2, 0.25) is 0 Å². The molecule has 5 aliphatic rings. The Hall–Kier alpha value is -0.530. The molecule has 4 aliphatic carbocycles. The van der Waals surface area contributed by atoms with Crippen LogP contribution in [0.5, 0.6) is 0 Å². The summed E-state index contributed by atoms with van der Waals surface area (Å²) in [6.45, 7) is 7.90. The van der Waals surface area contributed by atoms with E-state index in [-0.39, 0.29) is 12.1 Å². The monoisotopic (exact) mass is 386 g/mol. The minimum absolute atomic E-state index is 0.0330. The van der Waals surface area contributed by atoms with Gasteiger partial charge in [0.15, 0.2) is 6.10 Å². The highest BCUT2D eigenvalue weighted by molar-refractivity contribution is 5.87. The van der Waals surface area contributed by atoms with E-state index in [1.54, 1.807) is 0 Å². The van der Waals surface area contributed by atoms with Crippen LogP contribution >= 0.6 is 0 Å². The number of hydrogen-bond acceptors (Lipinski definition) is 2. The summed E-state index contributed by atoms with van der Waals surface area (Å²) < 4.78 is 5.00. The molecule has 0 N–H and O–H groups in total. The van der Waals surface area contributed by atoms with Crippen LogP contribution in [0, 0.1) is 46.3 Å². The average molecular weight is 387 g/mol. The first kappa shape index (κ1) is 19.4. The van der Waals surface area contributed by atoms with Gasteiger partial charge >= 0.3 is 5.97 Å². The Labute approximate surface area is 172 Å². The lowest BCUT2D eigenvalue weighted by atomic mass is 9.44. The summed E-state index contributed by atoms with van der Waals surface area (Å²) in [7, 11) is 0. The highest BCUT2D eigenvalue weighted by Gasteiger charge is 2.60. The lowest BCUT2D eigenvalue weighted by molar-refractivity contribution is -0.117. The third-order valence-electron chi connectivity index (χ3n) is 10.9. The fourth-order valence-electron chi connectivity index (χ4n) is 9.38. The fourth-order valence-corrected chi connectivity index (χ4v) is 9.38. The van der Waals surface area contributed by atoms with Gasteiger partial charge in [-0.3, -0.25) is 0 Å². The van der Waals surface area contributed by atoms with E-state index >= 15 is 0 Å². The molecule has 1 heterocycles. The minimum Gasteiger partial charge on any atom is -0.448 e. The molecule has 1 saturated heterocycles. The van der Waals surface area contributed by atoms with Gasteiger partial charge in [0, 0.05) is 0 Å². The molecule has 28 heavy (non-hydrogen) atoms. The third-order valence-corrected chi connectivity index (χ3v) is 10.9. The van der Waals surface area contributed by atoms with Crippen LogP contribution in [-0.4, -0.2) is 12.1 Å². The van der Waals surface area contributed by atoms with E-state index < -0.39 is 0 Å². The van der Waals surface area contributed by atoms with E-state index in [1.807, 2.05) is 0 Å². The van der Waals surface area contributed by atoms with Crippen LogP contribution in [0.4, 0.5) is 0 Å². The second kappa shape index (κ2) is 7.02. The van der Waals surface area contributed by atoms with Crippen molar-refractivity contribution >= 4 is 5.97 Å². The predicted octanol–water partition coefficient (Wildman–Crippen LogP) is 6.77. The third kappa shape index (κ3) is 2.99. The van der Waals surface area contributed by atoms with Crippen molar-refractivity contribution in [2.75, 3.05) is 0 Å². The fraction of sp³-hybridized carbons (Fsp3) is 0.962. The van der Waals surface area contributed by atoms with E-state index in [2.05, 4.69) is 20.8 Å². The van der Waals surface area contributed by atoms with Gasteiger partial charge in [0.25, 0.3) is 0 Å². The van der Waals surface area contributed by atoms with Gasteiger partial charge in [-0.1, -0.05) is 40.0 Å². The zero-order chi connectivity index (χ0) is 19.5. The van der Waals surface area contributed by atoms with Gasteiger partial charge in [0.05, 0.1) is 0 Å². The number of fused-ring (bicyclic) bond motifs is 5. The summed E-state index contributed by atoms with van der Waals surface area (Å²) in [5.41, 5.74) is 1.26. The molecule has 1 aliphatic heterocycles. The van der Waals surface area contributed by atoms with Gasteiger partial charge in [-0.25, -0.2) is 4.79 Å². The van der Waals surface area contributed by atoms with Crippen molar-refractivity contribution in [1.29, 1.82) is 0 Å². The Balaban J connectivity index is 1.26. The Morgan fingerprint density at radius 2 is 1.75 bits per heavy atom. The zero-order valence-corrected chi connectivity index (χ0v) is 18.6. The maximum atomic E-state index is 11.1. The van der Waals surface area contributed by atoms with E-state index in [0.29, 0.717) is 10.8 Å². The van der Waals surface area contributed by atoms with E-state index in [4.69, 9.17) is 4.74 Å². The number of rotatable bonds is 5. The van der Waals surface area contributed by atoms with Gasteiger partial charge in [-0.2, -0.15) is 0 Å². The Morgan fingerprint density at radius 1 is 0.964 bits per heavy atom. The molecule has 2 unspecified atom stereocenters. The number of cyclic esters (lactones) is 1. The van der Waals surface area contributed by atoms with Crippen LogP contribution in [-0.2, 0) is 9.53 Å². The van der Waals surface area contributed by atoms with Crippen molar-refractivity contribution in [3.05, 3.63) is 0 Å². The summed E-state index contributed by atoms with van der Waals surface area (Å²) in [5, 5.41) is 0. The highest BCUT2D eigenvalue weighted by atomic mass is 16.6. The van der Waals surface area contributed by atoms with Crippen LogP contribution in [0.15, 0.2) is 0 Å². The molecule has 0 bridgehead atoms. The topological polar surface area (TPSA) is 29.6 Å². The molecule has 0 spiro atoms. The Morgan fingerprint density at radius 3 is 2.54 bits per heavy atom. The molecule has 9 atom stereocenters. The molecule has 2 heteroatoms. The summed E-state index contributed by atoms with van der Waals surface area (Å²) in [4.78, 5) is 11.1. The quantitative estimate of drug-likeness (QED) is 0.488. The predicted molar refractivity (Wildman–Crippen MR) is 113 cm³/mol. The normalized spacial score (nSPS) is 50.9. The smallest absolute Gasteiger partial charge is 0.348 e. The van der Waals surface area contributed by atoms with Crippen LogP contribution in [0.25, 0.3) is 0 Å². The second-order valence-corrected chi connectivity index (χ2v) is 12.0. The number of ether oxygens (including phenoxy) is 1. The number of carbonyl (C=O) groups is 1. The molecule has 0 radical (unpaired) electrons. The van der Waals surface area contributed by atoms with Crippen LogP contribution in [0.2, 0.25) is 0 Å². The lowest BCUT2D eigenvalue weighted by Crippen LogP contribution is -2.53. The molecule has 0 aromatic rings. The largest absolute Gasteiger partial charge is 0.448 e. The molecule has 0 aromatic heterocycles. The second-order valence-electron chi connectivity index (χ2n) is 12.0. The van der Waals surface area contributed by atoms with Crippen molar-refractivity contribution in [2.45, 2.75) is 110 Å². The maximum Gasteiger partial charge on any atom is 0.348 e. The summed E-state index contributed by atoms with van der Waals surface area (Å²) in [6, 6.07) is 0. The zero-order valence-electron chi connectivity index (χ0n) is 18.6. The van der Waals surface area contributed by atoms with E-state index in [9.17, 15) is 4.79 Å². The molecular weight excluding hydrogens is 344 g/mol. The maximum absolute atomic E-state index is 11.1. The molecule has 0 amide bonds. The van der Waals surface area contributed by atoms with Crippen molar-refractivity contribution in [3.63, 3.8) is 0 Å². The van der Waals surface area contributed by atoms with Crippen molar-refractivity contribution in [3.8, 4) is 0 Å². The number of epoxide rings is 1. The molecule has 2 nitrogen and oxygen atoms in total. The lowest BCUT2D eigenvalue weighted by Gasteiger charge is -2.61. The first-order valence-electron chi connectivity index (χ1n) is 12.6. The minimum atomic E-state index is -0.0408. The average Bonchev–Trinajstić information content (AvgIpc) is 3.25. The standard InChI is InChI=1S/C26H42O2/c1-17(7-6-9-23-24(27)28-23)20-12-13-21-19-11-10-18-8-4-5-15-25(18,2)22(19)14-16-26(20,21)3/h17-23H,4-16H2,1-3H3/t17-,18?,19+,20-,21+,22+,23?,25+,26-/m1/s1. The van der Waals surface area contributed by atoms with Gasteiger partial charge < -0.3 is 4.74 Å². The molecule has 0 aromatic carbocycles. The molecular formula is C26H42O2. The van der Waals surface area contributed by atoms with Gasteiger partial charge in [-0.15, -0.1) is 0 Å². The first-order chi connectivity index (χ1) is 13.4.